The van der Waals surface area contributed by atoms with Gasteiger partial charge >= 0.3 is 5.97 Å². The summed E-state index contributed by atoms with van der Waals surface area (Å²) in [6.07, 6.45) is 1.85. The maximum absolute atomic E-state index is 10.9. The fraction of sp³-hybridized carbons (Fsp3) is 0.533. The molecule has 3 N–H and O–H groups in total. The summed E-state index contributed by atoms with van der Waals surface area (Å²) in [5.74, 6) is -0.929. The zero-order valence-electron chi connectivity index (χ0n) is 11.9. The molecule has 1 rings (SSSR count). The molecule has 0 aliphatic rings. The molecule has 0 fully saturated rings. The summed E-state index contributed by atoms with van der Waals surface area (Å²) >= 11 is 3.39. The van der Waals surface area contributed by atoms with E-state index in [1.54, 1.807) is 18.2 Å². The maximum Gasteiger partial charge on any atom is 0.335 e. The summed E-state index contributed by atoms with van der Waals surface area (Å²) in [5, 5.41) is 21.8. The van der Waals surface area contributed by atoms with Crippen LogP contribution in [0.3, 0.4) is 0 Å². The first-order valence-electron chi connectivity index (χ1n) is 6.81. The molecule has 0 atom stereocenters. The summed E-state index contributed by atoms with van der Waals surface area (Å²) in [5.41, 5.74) is 1.20. The number of benzene rings is 1. The molecule has 20 heavy (non-hydrogen) atoms. The highest BCUT2D eigenvalue weighted by molar-refractivity contribution is 9.10. The highest BCUT2D eigenvalue weighted by Gasteiger charge is 2.24. The molecule has 4 nitrogen and oxygen atoms in total. The van der Waals surface area contributed by atoms with Crippen molar-refractivity contribution in [2.75, 3.05) is 13.2 Å². The quantitative estimate of drug-likeness (QED) is 0.678. The van der Waals surface area contributed by atoms with Crippen LogP contribution in [-0.4, -0.2) is 29.3 Å². The summed E-state index contributed by atoms with van der Waals surface area (Å²) in [7, 11) is 0. The van der Waals surface area contributed by atoms with Crippen LogP contribution in [0.5, 0.6) is 0 Å². The van der Waals surface area contributed by atoms with E-state index in [0.29, 0.717) is 6.54 Å². The van der Waals surface area contributed by atoms with E-state index in [4.69, 9.17) is 5.11 Å². The average Bonchev–Trinajstić information content (AvgIpc) is 2.45. The van der Waals surface area contributed by atoms with Crippen LogP contribution in [-0.2, 0) is 6.54 Å². The Morgan fingerprint density at radius 2 is 2.00 bits per heavy atom. The van der Waals surface area contributed by atoms with Crippen LogP contribution in [0, 0.1) is 5.41 Å². The average molecular weight is 344 g/mol. The minimum Gasteiger partial charge on any atom is -0.478 e. The predicted octanol–water partition coefficient (Wildman–Crippen LogP) is 3.04. The van der Waals surface area contributed by atoms with Crippen LogP contribution in [0.1, 0.15) is 42.6 Å². The smallest absolute Gasteiger partial charge is 0.335 e. The van der Waals surface area contributed by atoms with Gasteiger partial charge in [-0.15, -0.1) is 0 Å². The number of aromatic carboxylic acids is 1. The Labute approximate surface area is 128 Å². The van der Waals surface area contributed by atoms with Crippen LogP contribution in [0.15, 0.2) is 22.7 Å². The zero-order valence-corrected chi connectivity index (χ0v) is 13.5. The second kappa shape index (κ2) is 7.76. The Balaban J connectivity index is 2.64. The van der Waals surface area contributed by atoms with E-state index < -0.39 is 5.97 Å². The number of carbonyl (C=O) groups is 1. The molecule has 0 saturated heterocycles. The van der Waals surface area contributed by atoms with Gasteiger partial charge in [0.1, 0.15) is 0 Å². The van der Waals surface area contributed by atoms with E-state index in [1.165, 1.54) is 0 Å². The molecule has 5 heteroatoms. The molecule has 1 aromatic rings. The van der Waals surface area contributed by atoms with Gasteiger partial charge in [-0.2, -0.15) is 0 Å². The Kier molecular flexibility index (Phi) is 6.65. The number of rotatable bonds is 8. The van der Waals surface area contributed by atoms with Gasteiger partial charge in [0.05, 0.1) is 5.56 Å². The third-order valence-electron chi connectivity index (χ3n) is 3.95. The van der Waals surface area contributed by atoms with Crippen molar-refractivity contribution in [2.24, 2.45) is 5.41 Å². The van der Waals surface area contributed by atoms with Crippen molar-refractivity contribution < 1.29 is 15.0 Å². The topological polar surface area (TPSA) is 69.6 Å². The predicted molar refractivity (Wildman–Crippen MR) is 82.9 cm³/mol. The van der Waals surface area contributed by atoms with Crippen molar-refractivity contribution in [1.82, 2.24) is 5.32 Å². The van der Waals surface area contributed by atoms with Gasteiger partial charge in [-0.05, 0) is 30.5 Å². The fourth-order valence-corrected chi connectivity index (χ4v) is 2.58. The summed E-state index contributed by atoms with van der Waals surface area (Å²) in [6, 6.07) is 5.01. The van der Waals surface area contributed by atoms with Gasteiger partial charge in [-0.3, -0.25) is 0 Å². The van der Waals surface area contributed by atoms with E-state index in [0.717, 1.165) is 29.4 Å². The lowest BCUT2D eigenvalue weighted by Gasteiger charge is -2.29. The van der Waals surface area contributed by atoms with Gasteiger partial charge in [0, 0.05) is 29.6 Å². The van der Waals surface area contributed by atoms with E-state index >= 15 is 0 Å². The fourth-order valence-electron chi connectivity index (χ4n) is 2.07. The highest BCUT2D eigenvalue weighted by atomic mass is 79.9. The number of nitrogens with one attached hydrogen (secondary N) is 1. The molecule has 0 amide bonds. The Morgan fingerprint density at radius 3 is 2.45 bits per heavy atom. The van der Waals surface area contributed by atoms with Gasteiger partial charge < -0.3 is 15.5 Å². The van der Waals surface area contributed by atoms with Crippen molar-refractivity contribution >= 4 is 21.9 Å². The van der Waals surface area contributed by atoms with Crippen LogP contribution >= 0.6 is 15.9 Å². The number of aliphatic hydroxyl groups is 1. The first kappa shape index (κ1) is 17.1. The zero-order chi connectivity index (χ0) is 15.2. The Morgan fingerprint density at radius 1 is 1.35 bits per heavy atom. The molecular formula is C15H22BrNO3. The third-order valence-corrected chi connectivity index (χ3v) is 4.69. The van der Waals surface area contributed by atoms with Gasteiger partial charge in [0.25, 0.3) is 0 Å². The standard InChI is InChI=1S/C15H22BrNO3/c1-3-15(4-2,10-18)9-17-8-12-6-5-11(14(19)20)7-13(12)16/h5-7,17-18H,3-4,8-10H2,1-2H3,(H,19,20). The van der Waals surface area contributed by atoms with Crippen molar-refractivity contribution in [2.45, 2.75) is 33.2 Å². The molecule has 0 saturated carbocycles. The van der Waals surface area contributed by atoms with Gasteiger partial charge in [-0.1, -0.05) is 35.8 Å². The van der Waals surface area contributed by atoms with Crippen LogP contribution in [0.4, 0.5) is 0 Å². The molecule has 0 unspecified atom stereocenters. The lowest BCUT2D eigenvalue weighted by atomic mass is 9.83. The third kappa shape index (κ3) is 4.30. The first-order chi connectivity index (χ1) is 9.48. The molecule has 112 valence electrons. The molecule has 1 aromatic carbocycles. The number of aliphatic hydroxyl groups excluding tert-OH is 1. The monoisotopic (exact) mass is 343 g/mol. The highest BCUT2D eigenvalue weighted by Crippen LogP contribution is 2.25. The Bertz CT molecular complexity index is 450. The molecule has 0 aliphatic carbocycles. The number of carboxylic acids is 1. The largest absolute Gasteiger partial charge is 0.478 e. The minimum atomic E-state index is -0.929. The Hall–Kier alpha value is -0.910. The summed E-state index contributed by atoms with van der Waals surface area (Å²) < 4.78 is 0.785. The van der Waals surface area contributed by atoms with Crippen LogP contribution < -0.4 is 5.32 Å². The lowest BCUT2D eigenvalue weighted by Crippen LogP contribution is -2.36. The normalized spacial score (nSPS) is 11.6. The van der Waals surface area contributed by atoms with Gasteiger partial charge in [0.2, 0.25) is 0 Å². The van der Waals surface area contributed by atoms with Crippen molar-refractivity contribution in [3.8, 4) is 0 Å². The minimum absolute atomic E-state index is 0.0759. The first-order valence-corrected chi connectivity index (χ1v) is 7.60. The second-order valence-corrected chi connectivity index (χ2v) is 5.93. The molecule has 0 radical (unpaired) electrons. The van der Waals surface area contributed by atoms with E-state index in [9.17, 15) is 9.90 Å². The molecule has 0 heterocycles. The molecule has 0 aliphatic heterocycles. The lowest BCUT2D eigenvalue weighted by molar-refractivity contribution is 0.0696. The molecule has 0 aromatic heterocycles. The van der Waals surface area contributed by atoms with Crippen molar-refractivity contribution in [1.29, 1.82) is 0 Å². The number of hydrogen-bond donors (Lipinski definition) is 3. The summed E-state index contributed by atoms with van der Waals surface area (Å²) in [6.45, 7) is 5.72. The van der Waals surface area contributed by atoms with Gasteiger partial charge in [0.15, 0.2) is 0 Å². The molecule has 0 bridgehead atoms. The number of carboxylic acid groups (broad SMARTS) is 1. The SMILES string of the molecule is CCC(CC)(CO)CNCc1ccc(C(=O)O)cc1Br. The van der Waals surface area contributed by atoms with Crippen LogP contribution in [0.2, 0.25) is 0 Å². The van der Waals surface area contributed by atoms with Gasteiger partial charge in [-0.25, -0.2) is 4.79 Å². The van der Waals surface area contributed by atoms with E-state index in [1.807, 2.05) is 0 Å². The number of hydrogen-bond acceptors (Lipinski definition) is 3. The molecular weight excluding hydrogens is 322 g/mol. The number of halogens is 1. The molecule has 0 spiro atoms. The van der Waals surface area contributed by atoms with Crippen molar-refractivity contribution in [3.05, 3.63) is 33.8 Å². The second-order valence-electron chi connectivity index (χ2n) is 5.08. The van der Waals surface area contributed by atoms with E-state index in [-0.39, 0.29) is 17.6 Å². The van der Waals surface area contributed by atoms with E-state index in [2.05, 4.69) is 35.1 Å². The van der Waals surface area contributed by atoms with Crippen LogP contribution in [0.25, 0.3) is 0 Å². The summed E-state index contributed by atoms with van der Waals surface area (Å²) in [4.78, 5) is 10.9. The van der Waals surface area contributed by atoms with Crippen molar-refractivity contribution in [3.63, 3.8) is 0 Å². The maximum atomic E-state index is 10.9.